The van der Waals surface area contributed by atoms with E-state index in [9.17, 15) is 27.2 Å². The Morgan fingerprint density at radius 2 is 1.90 bits per heavy atom. The molecule has 1 atom stereocenters. The van der Waals surface area contributed by atoms with Crippen molar-refractivity contribution in [3.8, 4) is 0 Å². The van der Waals surface area contributed by atoms with Crippen molar-refractivity contribution in [1.82, 2.24) is 20.0 Å². The zero-order valence-corrected chi connectivity index (χ0v) is 17.3. The molecule has 7 nitrogen and oxygen atoms in total. The molecule has 3 rings (SSSR count). The summed E-state index contributed by atoms with van der Waals surface area (Å²) >= 11 is 1.05. The Kier molecular flexibility index (Phi) is 6.53. The fraction of sp³-hybridized carbons (Fsp3) is 0.611. The molecule has 0 bridgehead atoms. The third-order valence-electron chi connectivity index (χ3n) is 5.64. The van der Waals surface area contributed by atoms with Gasteiger partial charge < -0.3 is 15.3 Å². The minimum absolute atomic E-state index is 0.0330. The molecule has 0 saturated carbocycles. The number of likely N-dealkylation sites (tertiary alicyclic amines) is 1. The van der Waals surface area contributed by atoms with E-state index in [1.807, 2.05) is 0 Å². The predicted octanol–water partition coefficient (Wildman–Crippen LogP) is 3.46. The second-order valence-corrected chi connectivity index (χ2v) is 8.53. The van der Waals surface area contributed by atoms with E-state index < -0.39 is 53.2 Å². The Hall–Kier alpha value is -2.31. The van der Waals surface area contributed by atoms with E-state index in [-0.39, 0.29) is 38.0 Å². The van der Waals surface area contributed by atoms with E-state index in [4.69, 9.17) is 5.11 Å². The predicted molar refractivity (Wildman–Crippen MR) is 101 cm³/mol. The third-order valence-corrected chi connectivity index (χ3v) is 7.15. The Bertz CT molecular complexity index is 886. The first-order valence-corrected chi connectivity index (χ1v) is 10.4. The first-order valence-electron chi connectivity index (χ1n) is 9.52. The summed E-state index contributed by atoms with van der Waals surface area (Å²) in [5.74, 6) is -1.84. The van der Waals surface area contributed by atoms with E-state index in [2.05, 4.69) is 10.4 Å². The zero-order valence-electron chi connectivity index (χ0n) is 16.5. The number of carboxylic acids is 1. The van der Waals surface area contributed by atoms with Crippen LogP contribution < -0.4 is 5.32 Å². The number of aromatic nitrogens is 2. The van der Waals surface area contributed by atoms with Gasteiger partial charge in [0.05, 0.1) is 0 Å². The van der Waals surface area contributed by atoms with Crippen LogP contribution in [0.25, 0.3) is 0 Å². The van der Waals surface area contributed by atoms with Crippen molar-refractivity contribution in [3.05, 3.63) is 28.6 Å². The van der Waals surface area contributed by atoms with Gasteiger partial charge in [-0.25, -0.2) is 26.7 Å². The third kappa shape index (κ3) is 4.37. The van der Waals surface area contributed by atoms with Gasteiger partial charge in [-0.3, -0.25) is 9.48 Å². The number of aliphatic carboxylic acids is 1. The summed E-state index contributed by atoms with van der Waals surface area (Å²) in [5, 5.41) is 16.7. The molecule has 1 amide bonds. The Morgan fingerprint density at radius 3 is 2.39 bits per heavy atom. The molecule has 0 aliphatic carbocycles. The lowest BCUT2D eigenvalue weighted by molar-refractivity contribution is -0.135. The fourth-order valence-corrected chi connectivity index (χ4v) is 5.08. The van der Waals surface area contributed by atoms with E-state index >= 15 is 4.39 Å². The van der Waals surface area contributed by atoms with Crippen LogP contribution in [0.3, 0.4) is 0 Å². The molecule has 2 N–H and O–H groups in total. The van der Waals surface area contributed by atoms with Crippen LogP contribution in [0.2, 0.25) is 0 Å². The number of carbonyl (C=O) groups is 2. The van der Waals surface area contributed by atoms with Crippen molar-refractivity contribution < 1.29 is 36.6 Å². The van der Waals surface area contributed by atoms with E-state index in [1.54, 1.807) is 6.92 Å². The lowest BCUT2D eigenvalue weighted by atomic mass is 9.83. The number of nitrogens with zero attached hydrogens (tertiary/aromatic N) is 3. The molecule has 2 aliphatic rings. The number of thioether (sulfide) groups is 1. The number of alkyl halides is 5. The van der Waals surface area contributed by atoms with E-state index in [0.717, 1.165) is 11.8 Å². The first kappa shape index (κ1) is 23.4. The molecule has 0 radical (unpaired) electrons. The van der Waals surface area contributed by atoms with Crippen LogP contribution in [0, 0.1) is 0 Å². The van der Waals surface area contributed by atoms with Gasteiger partial charge in [0.2, 0.25) is 5.91 Å². The quantitative estimate of drug-likeness (QED) is 0.596. The molecule has 1 fully saturated rings. The molecule has 0 aromatic carbocycles. The average molecular weight is 468 g/mol. The van der Waals surface area contributed by atoms with Gasteiger partial charge in [-0.2, -0.15) is 5.10 Å². The summed E-state index contributed by atoms with van der Waals surface area (Å²) in [6.45, 7) is 0.993. The summed E-state index contributed by atoms with van der Waals surface area (Å²) in [6, 6.07) is 0.562. The molecule has 172 valence electrons. The number of halogens is 5. The number of carbonyl (C=O) groups excluding carboxylic acids is 1. The van der Waals surface area contributed by atoms with Crippen molar-refractivity contribution in [1.29, 1.82) is 0 Å². The molecular formula is C18H21F5N4O3S. The van der Waals surface area contributed by atoms with E-state index in [1.165, 1.54) is 10.3 Å². The van der Waals surface area contributed by atoms with Gasteiger partial charge in [0.15, 0.2) is 0 Å². The monoisotopic (exact) mass is 468 g/mol. The highest BCUT2D eigenvalue weighted by molar-refractivity contribution is 8.03. The zero-order chi connectivity index (χ0) is 23.0. The molecular weight excluding hydrogens is 447 g/mol. The van der Waals surface area contributed by atoms with Crippen LogP contribution in [0.5, 0.6) is 0 Å². The summed E-state index contributed by atoms with van der Waals surface area (Å²) in [5.41, 5.74) is -3.56. The molecule has 1 aromatic rings. The number of piperidine rings is 1. The number of amides is 1. The van der Waals surface area contributed by atoms with Gasteiger partial charge in [0, 0.05) is 31.3 Å². The standard InChI is InChI=1S/C18H21F5N4O3S/c1-2-18(24-11(9-31-18)16(29)30)17(23)3-5-26(6-4-17)13(28)8-27-12(15(21)22)7-10(25-27)14(19)20/h7,9,14-15,24H,2-6,8H2,1H3,(H,29,30). The van der Waals surface area contributed by atoms with Gasteiger partial charge >= 0.3 is 5.97 Å². The van der Waals surface area contributed by atoms with Crippen molar-refractivity contribution in [3.63, 3.8) is 0 Å². The molecule has 31 heavy (non-hydrogen) atoms. The lowest BCUT2D eigenvalue weighted by Gasteiger charge is -2.47. The Morgan fingerprint density at radius 1 is 1.26 bits per heavy atom. The normalized spacial score (nSPS) is 23.2. The SMILES string of the molecule is CCC1(C2(F)CCN(C(=O)Cn3nc(C(F)F)cc3C(F)F)CC2)NC(C(=O)O)=CS1. The lowest BCUT2D eigenvalue weighted by Crippen LogP contribution is -2.60. The molecule has 3 heterocycles. The van der Waals surface area contributed by atoms with Crippen molar-refractivity contribution in [2.24, 2.45) is 0 Å². The average Bonchev–Trinajstić information content (AvgIpc) is 3.34. The number of hydrogen-bond donors (Lipinski definition) is 2. The Balaban J connectivity index is 1.67. The van der Waals surface area contributed by atoms with Crippen molar-refractivity contribution in [2.45, 2.75) is 56.1 Å². The highest BCUT2D eigenvalue weighted by atomic mass is 32.2. The summed E-state index contributed by atoms with van der Waals surface area (Å²) < 4.78 is 68.2. The molecule has 13 heteroatoms. The van der Waals surface area contributed by atoms with Crippen LogP contribution in [-0.4, -0.2) is 55.3 Å². The highest BCUT2D eigenvalue weighted by Gasteiger charge is 2.55. The summed E-state index contributed by atoms with van der Waals surface area (Å²) in [4.78, 5) is 23.8. The van der Waals surface area contributed by atoms with Crippen LogP contribution in [0.1, 0.15) is 50.4 Å². The maximum Gasteiger partial charge on any atom is 0.352 e. The van der Waals surface area contributed by atoms with Crippen LogP contribution >= 0.6 is 11.8 Å². The molecule has 0 spiro atoms. The smallest absolute Gasteiger partial charge is 0.352 e. The molecule has 2 aliphatic heterocycles. The number of carboxylic acid groups (broad SMARTS) is 1. The van der Waals surface area contributed by atoms with Crippen LogP contribution in [-0.2, 0) is 16.1 Å². The van der Waals surface area contributed by atoms with Crippen molar-refractivity contribution >= 4 is 23.6 Å². The topological polar surface area (TPSA) is 87.5 Å². The molecule has 1 aromatic heterocycles. The van der Waals surface area contributed by atoms with Gasteiger partial charge in [0.25, 0.3) is 12.9 Å². The largest absolute Gasteiger partial charge is 0.477 e. The second kappa shape index (κ2) is 8.67. The van der Waals surface area contributed by atoms with Crippen molar-refractivity contribution in [2.75, 3.05) is 13.1 Å². The maximum absolute atomic E-state index is 15.8. The fourth-order valence-electron chi connectivity index (χ4n) is 3.85. The first-order chi connectivity index (χ1) is 14.5. The number of hydrogen-bond acceptors (Lipinski definition) is 5. The minimum atomic E-state index is -3.08. The molecule has 1 saturated heterocycles. The Labute approximate surface area is 178 Å². The summed E-state index contributed by atoms with van der Waals surface area (Å²) in [7, 11) is 0. The minimum Gasteiger partial charge on any atom is -0.477 e. The molecule has 1 unspecified atom stereocenters. The van der Waals surface area contributed by atoms with Crippen LogP contribution in [0.4, 0.5) is 22.0 Å². The van der Waals surface area contributed by atoms with Gasteiger partial charge in [-0.15, -0.1) is 11.8 Å². The van der Waals surface area contributed by atoms with Gasteiger partial charge in [-0.05, 0) is 12.5 Å². The maximum atomic E-state index is 15.8. The van der Waals surface area contributed by atoms with E-state index in [0.29, 0.717) is 10.7 Å². The number of nitrogens with one attached hydrogen (secondary N) is 1. The van der Waals surface area contributed by atoms with Gasteiger partial charge in [-0.1, -0.05) is 6.92 Å². The van der Waals surface area contributed by atoms with Gasteiger partial charge in [0.1, 0.15) is 34.2 Å². The highest BCUT2D eigenvalue weighted by Crippen LogP contribution is 2.49. The summed E-state index contributed by atoms with van der Waals surface area (Å²) in [6.07, 6.45) is -6.05. The number of rotatable bonds is 7. The second-order valence-electron chi connectivity index (χ2n) is 7.36. The van der Waals surface area contributed by atoms with Crippen LogP contribution in [0.15, 0.2) is 17.2 Å².